The number of hydrazine groups is 1. The Hall–Kier alpha value is -6.67. The van der Waals surface area contributed by atoms with Gasteiger partial charge in [0.15, 0.2) is 11.6 Å². The third-order valence-corrected chi connectivity index (χ3v) is 7.16. The van der Waals surface area contributed by atoms with Crippen LogP contribution in [0.5, 0.6) is 0 Å². The summed E-state index contributed by atoms with van der Waals surface area (Å²) in [5, 5.41) is 6.59. The highest BCUT2D eigenvalue weighted by Crippen LogP contribution is 2.28. The molecule has 2 aromatic carbocycles. The van der Waals surface area contributed by atoms with E-state index >= 15 is 0 Å². The predicted octanol–water partition coefficient (Wildman–Crippen LogP) is 5.19. The van der Waals surface area contributed by atoms with Crippen LogP contribution in [0.1, 0.15) is 31.7 Å². The Labute approximate surface area is 287 Å². The number of pyridine rings is 2. The van der Waals surface area contributed by atoms with Crippen molar-refractivity contribution in [1.82, 2.24) is 39.7 Å². The summed E-state index contributed by atoms with van der Waals surface area (Å²) in [6, 6.07) is 21.7. The van der Waals surface area contributed by atoms with Crippen LogP contribution >= 0.6 is 0 Å². The largest absolute Gasteiger partial charge is 0.382 e. The van der Waals surface area contributed by atoms with Crippen molar-refractivity contribution in [3.63, 3.8) is 0 Å². The van der Waals surface area contributed by atoms with Crippen molar-refractivity contribution >= 4 is 50.8 Å². The Bertz CT molecular complexity index is 2310. The summed E-state index contributed by atoms with van der Waals surface area (Å²) in [7, 11) is 0. The second-order valence-corrected chi connectivity index (χ2v) is 11.3. The van der Waals surface area contributed by atoms with E-state index in [2.05, 4.69) is 46.5 Å². The smallest absolute Gasteiger partial charge is 0.182 e. The number of nitrogen functional groups attached to an aromatic ring is 3. The fraction of sp³-hybridized carbons (Fsp3) is 0.139. The SMILES string of the molecule is CC(=O)CC(C)=O.Cc1cc(C)n(-c2nc(N)cnc2-c2ccc3ncccc3c2)n1.NNc1nc(N)cnc1-c1ccc2ncccc2c1. The number of fused-ring (bicyclic) bond motifs is 2. The van der Waals surface area contributed by atoms with E-state index in [1.807, 2.05) is 74.5 Å². The van der Waals surface area contributed by atoms with Crippen molar-refractivity contribution in [1.29, 1.82) is 0 Å². The van der Waals surface area contributed by atoms with Crippen LogP contribution in [-0.4, -0.2) is 51.3 Å². The zero-order valence-electron chi connectivity index (χ0n) is 28.0. The van der Waals surface area contributed by atoms with Gasteiger partial charge in [0.05, 0.1) is 35.5 Å². The molecule has 0 saturated heterocycles. The molecule has 50 heavy (non-hydrogen) atoms. The fourth-order valence-electron chi connectivity index (χ4n) is 5.10. The summed E-state index contributed by atoms with van der Waals surface area (Å²) in [5.74, 6) is 7.08. The maximum Gasteiger partial charge on any atom is 0.182 e. The highest BCUT2D eigenvalue weighted by atomic mass is 16.1. The molecule has 0 fully saturated rings. The number of hydrogen-bond donors (Lipinski definition) is 4. The molecule has 0 aliphatic rings. The first-order valence-electron chi connectivity index (χ1n) is 15.5. The van der Waals surface area contributed by atoms with E-state index in [9.17, 15) is 9.59 Å². The standard InChI is InChI=1S/C18H16N6.C13H12N6.C5H8O2/c1-11-8-12(2)24(23-11)18-17(21-10-16(19)22-18)14-5-6-15-13(9-14)4-3-7-20-15;14-11-7-17-12(13(18-11)19-15)9-3-4-10-8(6-9)2-1-5-16-10;1-4(6)3-5(2)7/h3-10H,1-2H3,(H2,19,22);1-7H,15H2,(H3,14,18,19);3H2,1-2H3. The van der Waals surface area contributed by atoms with Crippen molar-refractivity contribution < 1.29 is 9.59 Å². The maximum absolute atomic E-state index is 10.0. The molecule has 0 atom stereocenters. The van der Waals surface area contributed by atoms with Crippen LogP contribution in [0, 0.1) is 13.8 Å². The number of hydrogen-bond acceptors (Lipinski definition) is 13. The van der Waals surface area contributed by atoms with Gasteiger partial charge in [-0.2, -0.15) is 5.10 Å². The highest BCUT2D eigenvalue weighted by Gasteiger charge is 2.15. The monoisotopic (exact) mass is 668 g/mol. The molecular weight excluding hydrogens is 632 g/mol. The minimum absolute atomic E-state index is 0.0625. The van der Waals surface area contributed by atoms with Gasteiger partial charge >= 0.3 is 0 Å². The fourth-order valence-corrected chi connectivity index (χ4v) is 5.10. The van der Waals surface area contributed by atoms with Gasteiger partial charge in [0.2, 0.25) is 0 Å². The van der Waals surface area contributed by atoms with Crippen LogP contribution in [0.4, 0.5) is 17.5 Å². The number of benzene rings is 2. The number of rotatable bonds is 6. The first-order chi connectivity index (χ1) is 24.0. The molecule has 7 rings (SSSR count). The molecule has 0 spiro atoms. The number of aromatic nitrogens is 8. The van der Waals surface area contributed by atoms with Crippen LogP contribution in [0.15, 0.2) is 91.5 Å². The van der Waals surface area contributed by atoms with Gasteiger partial charge in [0.25, 0.3) is 0 Å². The molecule has 0 radical (unpaired) electrons. The van der Waals surface area contributed by atoms with Crippen molar-refractivity contribution in [3.8, 4) is 28.3 Å². The lowest BCUT2D eigenvalue weighted by Crippen LogP contribution is -2.11. The molecule has 7 aromatic rings. The average molecular weight is 669 g/mol. The Morgan fingerprint density at radius 1 is 0.720 bits per heavy atom. The van der Waals surface area contributed by atoms with Crippen LogP contribution in [-0.2, 0) is 9.59 Å². The highest BCUT2D eigenvalue weighted by molar-refractivity contribution is 5.96. The first kappa shape index (κ1) is 34.7. The summed E-state index contributed by atoms with van der Waals surface area (Å²) >= 11 is 0. The number of carbonyl (C=O) groups is 2. The Morgan fingerprint density at radius 3 is 1.76 bits per heavy atom. The van der Waals surface area contributed by atoms with E-state index in [4.69, 9.17) is 17.3 Å². The molecular formula is C36H36N12O2. The molecule has 5 heterocycles. The lowest BCUT2D eigenvalue weighted by molar-refractivity contribution is -0.124. The number of ketones is 2. The molecule has 7 N–H and O–H groups in total. The van der Waals surface area contributed by atoms with Gasteiger partial charge in [0.1, 0.15) is 34.6 Å². The Morgan fingerprint density at radius 2 is 1.26 bits per heavy atom. The lowest BCUT2D eigenvalue weighted by Gasteiger charge is -2.11. The summed E-state index contributed by atoms with van der Waals surface area (Å²) in [6.45, 7) is 6.74. The number of Topliss-reactive ketones (excluding diaryl/α,β-unsaturated/α-hetero) is 2. The zero-order valence-corrected chi connectivity index (χ0v) is 28.0. The van der Waals surface area contributed by atoms with Gasteiger partial charge < -0.3 is 16.9 Å². The van der Waals surface area contributed by atoms with E-state index in [0.717, 1.165) is 50.0 Å². The van der Waals surface area contributed by atoms with Crippen LogP contribution in [0.2, 0.25) is 0 Å². The summed E-state index contributed by atoms with van der Waals surface area (Å²) in [6.07, 6.45) is 6.70. The van der Waals surface area contributed by atoms with E-state index in [1.54, 1.807) is 23.3 Å². The average Bonchev–Trinajstić information content (AvgIpc) is 3.44. The van der Waals surface area contributed by atoms with E-state index < -0.39 is 0 Å². The molecule has 5 aromatic heterocycles. The number of anilines is 3. The molecule has 0 aliphatic carbocycles. The van der Waals surface area contributed by atoms with Gasteiger partial charge in [-0.05, 0) is 70.2 Å². The molecule has 252 valence electrons. The van der Waals surface area contributed by atoms with Crippen molar-refractivity contribution in [2.24, 2.45) is 5.84 Å². The van der Waals surface area contributed by atoms with Gasteiger partial charge in [-0.1, -0.05) is 24.3 Å². The van der Waals surface area contributed by atoms with Crippen LogP contribution < -0.4 is 22.7 Å². The Kier molecular flexibility index (Phi) is 10.7. The van der Waals surface area contributed by atoms with Crippen LogP contribution in [0.25, 0.3) is 50.1 Å². The van der Waals surface area contributed by atoms with Gasteiger partial charge in [0, 0.05) is 40.0 Å². The van der Waals surface area contributed by atoms with E-state index in [1.165, 1.54) is 20.0 Å². The third kappa shape index (κ3) is 8.42. The quantitative estimate of drug-likeness (QED) is 0.102. The molecule has 0 amide bonds. The second kappa shape index (κ2) is 15.5. The molecule has 14 nitrogen and oxygen atoms in total. The normalized spacial score (nSPS) is 10.5. The van der Waals surface area contributed by atoms with E-state index in [0.29, 0.717) is 29.0 Å². The van der Waals surface area contributed by atoms with Gasteiger partial charge in [-0.3, -0.25) is 19.6 Å². The third-order valence-electron chi connectivity index (χ3n) is 7.16. The maximum atomic E-state index is 10.0. The molecule has 0 unspecified atom stereocenters. The number of nitrogens with zero attached hydrogens (tertiary/aromatic N) is 8. The number of nitrogens with one attached hydrogen (secondary N) is 1. The lowest BCUT2D eigenvalue weighted by atomic mass is 10.1. The van der Waals surface area contributed by atoms with Crippen molar-refractivity contribution in [2.45, 2.75) is 34.1 Å². The number of aryl methyl sites for hydroxylation is 2. The van der Waals surface area contributed by atoms with Gasteiger partial charge in [-0.15, -0.1) is 0 Å². The number of carbonyl (C=O) groups excluding carboxylic acids is 2. The predicted molar refractivity (Wildman–Crippen MR) is 195 cm³/mol. The van der Waals surface area contributed by atoms with Crippen molar-refractivity contribution in [3.05, 3.63) is 103 Å². The second-order valence-electron chi connectivity index (χ2n) is 11.3. The zero-order chi connectivity index (χ0) is 35.8. The summed E-state index contributed by atoms with van der Waals surface area (Å²) < 4.78 is 1.78. The molecule has 0 saturated carbocycles. The van der Waals surface area contributed by atoms with Crippen LogP contribution in [0.3, 0.4) is 0 Å². The van der Waals surface area contributed by atoms with Crippen molar-refractivity contribution in [2.75, 3.05) is 16.9 Å². The van der Waals surface area contributed by atoms with E-state index in [-0.39, 0.29) is 18.0 Å². The summed E-state index contributed by atoms with van der Waals surface area (Å²) in [4.78, 5) is 46.1. The first-order valence-corrected chi connectivity index (χ1v) is 15.5. The molecule has 0 aliphatic heterocycles. The minimum Gasteiger partial charge on any atom is -0.382 e. The summed E-state index contributed by atoms with van der Waals surface area (Å²) in [5.41, 5.74) is 21.0. The van der Waals surface area contributed by atoms with Gasteiger partial charge in [-0.25, -0.2) is 30.5 Å². The topological polar surface area (TPSA) is 219 Å². The Balaban J connectivity index is 0.000000167. The molecule has 14 heteroatoms. The minimum atomic E-state index is -0.0625. The molecule has 0 bridgehead atoms. The number of nitrogens with two attached hydrogens (primary N) is 3.